The highest BCUT2D eigenvalue weighted by Crippen LogP contribution is 2.26. The van der Waals surface area contributed by atoms with Crippen molar-refractivity contribution in [2.75, 3.05) is 30.3 Å². The van der Waals surface area contributed by atoms with Crippen molar-refractivity contribution in [3.8, 4) is 5.75 Å². The number of nitrogens with one attached hydrogen (secondary N) is 1. The fourth-order valence-corrected chi connectivity index (χ4v) is 2.90. The fourth-order valence-electron chi connectivity index (χ4n) is 2.90. The van der Waals surface area contributed by atoms with E-state index in [1.54, 1.807) is 18.5 Å². The second-order valence-corrected chi connectivity index (χ2v) is 5.84. The van der Waals surface area contributed by atoms with Crippen LogP contribution in [-0.2, 0) is 0 Å². The molecular weight excluding hydrogens is 308 g/mol. The standard InChI is InChI=1S/C15H18N8O/c16-12-8-11(13-14(19-12)21-22-20-13)24-9-10-2-6-23(7-3-10)15-17-4-1-5-18-15/h1,4-5,8,10H,2-3,6-7,9H2,(H3,16,19,20,21,22). The van der Waals surface area contributed by atoms with Crippen molar-refractivity contribution in [1.29, 1.82) is 0 Å². The van der Waals surface area contributed by atoms with E-state index in [2.05, 4.69) is 35.3 Å². The van der Waals surface area contributed by atoms with Crippen LogP contribution in [-0.4, -0.2) is 50.1 Å². The van der Waals surface area contributed by atoms with Gasteiger partial charge >= 0.3 is 0 Å². The summed E-state index contributed by atoms with van der Waals surface area (Å²) in [6.45, 7) is 2.47. The van der Waals surface area contributed by atoms with Gasteiger partial charge in [0, 0.05) is 31.5 Å². The average molecular weight is 326 g/mol. The number of aromatic nitrogens is 6. The number of fused-ring (bicyclic) bond motifs is 1. The molecule has 124 valence electrons. The van der Waals surface area contributed by atoms with Gasteiger partial charge in [-0.3, -0.25) is 0 Å². The van der Waals surface area contributed by atoms with Gasteiger partial charge in [-0.2, -0.15) is 0 Å². The van der Waals surface area contributed by atoms with Crippen molar-refractivity contribution in [1.82, 2.24) is 30.4 Å². The molecule has 0 atom stereocenters. The predicted octanol–water partition coefficient (Wildman–Crippen LogP) is 1.02. The summed E-state index contributed by atoms with van der Waals surface area (Å²) in [6.07, 6.45) is 5.60. The van der Waals surface area contributed by atoms with Crippen LogP contribution in [0.3, 0.4) is 0 Å². The van der Waals surface area contributed by atoms with Crippen LogP contribution in [0.25, 0.3) is 11.2 Å². The maximum Gasteiger partial charge on any atom is 0.225 e. The van der Waals surface area contributed by atoms with Crippen LogP contribution < -0.4 is 15.4 Å². The molecule has 24 heavy (non-hydrogen) atoms. The Morgan fingerprint density at radius 1 is 1.25 bits per heavy atom. The third-order valence-electron chi connectivity index (χ3n) is 4.21. The van der Waals surface area contributed by atoms with Gasteiger partial charge in [0.25, 0.3) is 0 Å². The first kappa shape index (κ1) is 14.6. The van der Waals surface area contributed by atoms with E-state index in [0.29, 0.717) is 35.3 Å². The van der Waals surface area contributed by atoms with Crippen molar-refractivity contribution >= 4 is 22.9 Å². The summed E-state index contributed by atoms with van der Waals surface area (Å²) >= 11 is 0. The number of rotatable bonds is 4. The Labute approximate surface area is 138 Å². The van der Waals surface area contributed by atoms with Crippen molar-refractivity contribution in [2.45, 2.75) is 12.8 Å². The van der Waals surface area contributed by atoms with Gasteiger partial charge in [0.05, 0.1) is 6.61 Å². The number of nitrogens with zero attached hydrogens (tertiary/aromatic N) is 6. The van der Waals surface area contributed by atoms with Crippen LogP contribution in [0.2, 0.25) is 0 Å². The molecule has 0 aromatic carbocycles. The molecule has 0 saturated carbocycles. The zero-order valence-corrected chi connectivity index (χ0v) is 13.1. The first-order valence-electron chi connectivity index (χ1n) is 7.91. The largest absolute Gasteiger partial charge is 0.491 e. The monoisotopic (exact) mass is 326 g/mol. The number of ether oxygens (including phenoxy) is 1. The van der Waals surface area contributed by atoms with Gasteiger partial charge in [-0.05, 0) is 24.8 Å². The lowest BCUT2D eigenvalue weighted by Gasteiger charge is -2.31. The van der Waals surface area contributed by atoms with Gasteiger partial charge in [-0.15, -0.1) is 5.10 Å². The third kappa shape index (κ3) is 2.92. The summed E-state index contributed by atoms with van der Waals surface area (Å²) in [7, 11) is 0. The van der Waals surface area contributed by atoms with Crippen LogP contribution in [0.1, 0.15) is 12.8 Å². The van der Waals surface area contributed by atoms with Crippen molar-refractivity contribution < 1.29 is 4.74 Å². The van der Waals surface area contributed by atoms with Crippen molar-refractivity contribution in [3.05, 3.63) is 24.5 Å². The van der Waals surface area contributed by atoms with Crippen LogP contribution >= 0.6 is 0 Å². The van der Waals surface area contributed by atoms with Crippen molar-refractivity contribution in [3.63, 3.8) is 0 Å². The molecule has 0 aliphatic carbocycles. The van der Waals surface area contributed by atoms with Gasteiger partial charge in [-0.25, -0.2) is 20.1 Å². The molecule has 0 bridgehead atoms. The van der Waals surface area contributed by atoms with E-state index in [4.69, 9.17) is 10.5 Å². The highest BCUT2D eigenvalue weighted by Gasteiger charge is 2.22. The van der Waals surface area contributed by atoms with Crippen LogP contribution in [0, 0.1) is 5.92 Å². The molecule has 9 nitrogen and oxygen atoms in total. The molecule has 9 heteroatoms. The Morgan fingerprint density at radius 2 is 2.04 bits per heavy atom. The first-order chi connectivity index (χ1) is 11.8. The highest BCUT2D eigenvalue weighted by molar-refractivity contribution is 5.78. The minimum absolute atomic E-state index is 0.389. The molecule has 0 spiro atoms. The van der Waals surface area contributed by atoms with Gasteiger partial charge in [0.2, 0.25) is 5.95 Å². The number of piperidine rings is 1. The average Bonchev–Trinajstić information content (AvgIpc) is 3.09. The molecule has 1 saturated heterocycles. The zero-order valence-electron chi connectivity index (χ0n) is 13.1. The van der Waals surface area contributed by atoms with Gasteiger partial charge in [-0.1, -0.05) is 5.21 Å². The molecule has 4 rings (SSSR count). The number of anilines is 2. The summed E-state index contributed by atoms with van der Waals surface area (Å²) in [5.74, 6) is 2.28. The Kier molecular flexibility index (Phi) is 3.81. The second-order valence-electron chi connectivity index (χ2n) is 5.84. The molecule has 0 radical (unpaired) electrons. The minimum atomic E-state index is 0.389. The summed E-state index contributed by atoms with van der Waals surface area (Å²) in [5.41, 5.74) is 6.94. The lowest BCUT2D eigenvalue weighted by molar-refractivity contribution is 0.224. The zero-order chi connectivity index (χ0) is 16.4. The lowest BCUT2D eigenvalue weighted by atomic mass is 9.98. The highest BCUT2D eigenvalue weighted by atomic mass is 16.5. The first-order valence-corrected chi connectivity index (χ1v) is 7.91. The van der Waals surface area contributed by atoms with E-state index in [-0.39, 0.29) is 0 Å². The van der Waals surface area contributed by atoms with E-state index in [1.165, 1.54) is 0 Å². The lowest BCUT2D eigenvalue weighted by Crippen LogP contribution is -2.36. The topological polar surface area (TPSA) is 119 Å². The number of hydrogen-bond acceptors (Lipinski definition) is 8. The molecule has 0 unspecified atom stereocenters. The maximum absolute atomic E-state index is 5.95. The number of aromatic amines is 1. The molecule has 4 heterocycles. The van der Waals surface area contributed by atoms with E-state index < -0.39 is 0 Å². The van der Waals surface area contributed by atoms with Gasteiger partial charge in [0.1, 0.15) is 5.82 Å². The van der Waals surface area contributed by atoms with E-state index in [9.17, 15) is 0 Å². The van der Waals surface area contributed by atoms with Crippen LogP contribution in [0.4, 0.5) is 11.8 Å². The predicted molar refractivity (Wildman–Crippen MR) is 88.6 cm³/mol. The van der Waals surface area contributed by atoms with Crippen LogP contribution in [0.5, 0.6) is 5.75 Å². The minimum Gasteiger partial charge on any atom is -0.491 e. The van der Waals surface area contributed by atoms with Gasteiger partial charge in [0.15, 0.2) is 16.9 Å². The smallest absolute Gasteiger partial charge is 0.225 e. The number of nitrogens with two attached hydrogens (primary N) is 1. The third-order valence-corrected chi connectivity index (χ3v) is 4.21. The van der Waals surface area contributed by atoms with E-state index >= 15 is 0 Å². The number of H-pyrrole nitrogens is 1. The second kappa shape index (κ2) is 6.26. The Hall–Kier alpha value is -2.97. The van der Waals surface area contributed by atoms with Gasteiger partial charge < -0.3 is 15.4 Å². The van der Waals surface area contributed by atoms with E-state index in [1.807, 2.05) is 6.07 Å². The molecule has 1 fully saturated rings. The fraction of sp³-hybridized carbons (Fsp3) is 0.400. The van der Waals surface area contributed by atoms with Crippen LogP contribution in [0.15, 0.2) is 24.5 Å². The Morgan fingerprint density at radius 3 is 2.83 bits per heavy atom. The molecule has 3 aromatic heterocycles. The molecular formula is C15H18N8O. The van der Waals surface area contributed by atoms with Crippen molar-refractivity contribution in [2.24, 2.45) is 5.92 Å². The number of nitrogen functional groups attached to an aromatic ring is 1. The molecule has 0 amide bonds. The quantitative estimate of drug-likeness (QED) is 0.729. The number of hydrogen-bond donors (Lipinski definition) is 2. The molecule has 1 aliphatic heterocycles. The SMILES string of the molecule is Nc1cc(OCC2CCN(c3ncccn3)CC2)c2nn[nH]c2n1. The normalized spacial score (nSPS) is 15.8. The summed E-state index contributed by atoms with van der Waals surface area (Å²) < 4.78 is 5.95. The Balaban J connectivity index is 1.36. The number of pyridine rings is 1. The maximum atomic E-state index is 5.95. The molecule has 3 aromatic rings. The summed E-state index contributed by atoms with van der Waals surface area (Å²) in [5, 5.41) is 10.5. The summed E-state index contributed by atoms with van der Waals surface area (Å²) in [4.78, 5) is 14.9. The molecule has 1 aliphatic rings. The van der Waals surface area contributed by atoms with E-state index in [0.717, 1.165) is 31.9 Å². The Bertz CT molecular complexity index is 813. The summed E-state index contributed by atoms with van der Waals surface area (Å²) in [6, 6.07) is 3.52. The molecule has 3 N–H and O–H groups in total.